The Kier molecular flexibility index (Phi) is 8.40. The van der Waals surface area contributed by atoms with E-state index in [9.17, 15) is 14.7 Å². The fraction of sp³-hybridized carbons (Fsp3) is 0.407. The van der Waals surface area contributed by atoms with Crippen molar-refractivity contribution in [3.05, 3.63) is 59.2 Å². The highest BCUT2D eigenvalue weighted by atomic mass is 16.5. The van der Waals surface area contributed by atoms with E-state index in [-0.39, 0.29) is 11.3 Å². The van der Waals surface area contributed by atoms with E-state index < -0.39 is 17.7 Å². The summed E-state index contributed by atoms with van der Waals surface area (Å²) in [5.74, 6) is 0.436. The third-order valence-electron chi connectivity index (χ3n) is 5.76. The number of benzene rings is 2. The van der Waals surface area contributed by atoms with Crippen molar-refractivity contribution in [2.45, 2.75) is 19.9 Å². The number of likely N-dealkylation sites (tertiary alicyclic amines) is 1. The summed E-state index contributed by atoms with van der Waals surface area (Å²) in [6.45, 7) is 5.56. The molecule has 2 aromatic carbocycles. The molecule has 8 nitrogen and oxygen atoms in total. The molecule has 1 fully saturated rings. The van der Waals surface area contributed by atoms with Crippen molar-refractivity contribution in [1.29, 1.82) is 0 Å². The fourth-order valence-electron chi connectivity index (χ4n) is 3.92. The minimum Gasteiger partial charge on any atom is -0.507 e. The summed E-state index contributed by atoms with van der Waals surface area (Å²) in [6.07, 6.45) is 0. The lowest BCUT2D eigenvalue weighted by atomic mass is 9.95. The maximum atomic E-state index is 13.2. The van der Waals surface area contributed by atoms with Gasteiger partial charge in [-0.3, -0.25) is 9.59 Å². The van der Waals surface area contributed by atoms with Crippen LogP contribution in [-0.4, -0.2) is 74.6 Å². The molecule has 1 atom stereocenters. The molecule has 0 bridgehead atoms. The highest BCUT2D eigenvalue weighted by Gasteiger charge is 2.46. The number of rotatable bonds is 10. The summed E-state index contributed by atoms with van der Waals surface area (Å²) in [7, 11) is 6.85. The van der Waals surface area contributed by atoms with Crippen molar-refractivity contribution in [3.63, 3.8) is 0 Å². The minimum atomic E-state index is -0.772. The molecule has 0 aliphatic carbocycles. The summed E-state index contributed by atoms with van der Waals surface area (Å²) in [5.41, 5.74) is 1.11. The molecule has 0 spiro atoms. The zero-order valence-electron chi connectivity index (χ0n) is 21.2. The van der Waals surface area contributed by atoms with E-state index in [1.165, 1.54) is 19.1 Å². The van der Waals surface area contributed by atoms with E-state index in [0.717, 1.165) is 0 Å². The van der Waals surface area contributed by atoms with Crippen LogP contribution in [0, 0.1) is 5.92 Å². The van der Waals surface area contributed by atoms with E-state index >= 15 is 0 Å². The Hall–Kier alpha value is -3.52. The highest BCUT2D eigenvalue weighted by molar-refractivity contribution is 6.46. The lowest BCUT2D eigenvalue weighted by Gasteiger charge is -2.27. The number of carbonyl (C=O) groups is 2. The number of nitrogens with zero attached hydrogens (tertiary/aromatic N) is 2. The van der Waals surface area contributed by atoms with Crippen LogP contribution in [0.2, 0.25) is 0 Å². The van der Waals surface area contributed by atoms with Crippen molar-refractivity contribution in [2.24, 2.45) is 5.92 Å². The predicted molar refractivity (Wildman–Crippen MR) is 134 cm³/mol. The summed E-state index contributed by atoms with van der Waals surface area (Å²) in [4.78, 5) is 29.7. The van der Waals surface area contributed by atoms with Crippen molar-refractivity contribution in [1.82, 2.24) is 9.80 Å². The Morgan fingerprint density at radius 2 is 1.69 bits per heavy atom. The molecule has 1 amide bonds. The van der Waals surface area contributed by atoms with Gasteiger partial charge in [-0.1, -0.05) is 19.9 Å². The van der Waals surface area contributed by atoms with E-state index in [0.29, 0.717) is 54.0 Å². The van der Waals surface area contributed by atoms with Gasteiger partial charge >= 0.3 is 0 Å². The first-order chi connectivity index (χ1) is 16.7. The summed E-state index contributed by atoms with van der Waals surface area (Å²) < 4.78 is 16.5. The van der Waals surface area contributed by atoms with Crippen LogP contribution in [0.3, 0.4) is 0 Å². The van der Waals surface area contributed by atoms with E-state index in [1.807, 2.05) is 19.0 Å². The Labute approximate surface area is 206 Å². The number of likely N-dealkylation sites (N-methyl/N-ethyl adjacent to an activating group) is 1. The number of hydrogen-bond acceptors (Lipinski definition) is 7. The number of hydrogen-bond donors (Lipinski definition) is 1. The molecular weight excluding hydrogens is 448 g/mol. The largest absolute Gasteiger partial charge is 0.507 e. The topological polar surface area (TPSA) is 88.5 Å². The molecule has 1 heterocycles. The van der Waals surface area contributed by atoms with Crippen LogP contribution in [0.4, 0.5) is 0 Å². The van der Waals surface area contributed by atoms with Gasteiger partial charge in [-0.15, -0.1) is 0 Å². The lowest BCUT2D eigenvalue weighted by molar-refractivity contribution is -0.140. The SMILES string of the molecule is COc1ccc(C2C(=C(O)c3ccc(OCC(C)C)cc3)C(=O)C(=O)N2CCN(C)C)cc1OC. The van der Waals surface area contributed by atoms with E-state index in [1.54, 1.807) is 42.5 Å². The number of aliphatic hydroxyl groups excluding tert-OH is 1. The molecule has 0 saturated carbocycles. The molecule has 0 radical (unpaired) electrons. The van der Waals surface area contributed by atoms with Gasteiger partial charge in [0.2, 0.25) is 0 Å². The third kappa shape index (κ3) is 5.77. The van der Waals surface area contributed by atoms with Gasteiger partial charge in [0.05, 0.1) is 32.4 Å². The first kappa shape index (κ1) is 26.1. The van der Waals surface area contributed by atoms with E-state index in [4.69, 9.17) is 14.2 Å². The van der Waals surface area contributed by atoms with Crippen LogP contribution >= 0.6 is 0 Å². The summed E-state index contributed by atoms with van der Waals surface area (Å²) in [6, 6.07) is 11.3. The zero-order chi connectivity index (χ0) is 25.7. The van der Waals surface area contributed by atoms with Crippen molar-refractivity contribution >= 4 is 17.4 Å². The average Bonchev–Trinajstić information content (AvgIpc) is 3.10. The van der Waals surface area contributed by atoms with Gasteiger partial charge in [-0.25, -0.2) is 0 Å². The predicted octanol–water partition coefficient (Wildman–Crippen LogP) is 3.72. The van der Waals surface area contributed by atoms with Gasteiger partial charge in [0.1, 0.15) is 11.5 Å². The molecule has 188 valence electrons. The molecule has 35 heavy (non-hydrogen) atoms. The third-order valence-corrected chi connectivity index (χ3v) is 5.76. The normalized spacial score (nSPS) is 17.4. The van der Waals surface area contributed by atoms with Crippen molar-refractivity contribution in [3.8, 4) is 17.2 Å². The number of aliphatic hydroxyl groups is 1. The molecule has 1 aliphatic heterocycles. The van der Waals surface area contributed by atoms with Crippen LogP contribution in [0.1, 0.15) is 31.0 Å². The van der Waals surface area contributed by atoms with Crippen LogP contribution < -0.4 is 14.2 Å². The summed E-state index contributed by atoms with van der Waals surface area (Å²) >= 11 is 0. The number of methoxy groups -OCH3 is 2. The number of amides is 1. The van der Waals surface area contributed by atoms with Gasteiger partial charge in [-0.05, 0) is 62.0 Å². The van der Waals surface area contributed by atoms with Gasteiger partial charge in [0.15, 0.2) is 11.5 Å². The van der Waals surface area contributed by atoms with Gasteiger partial charge in [-0.2, -0.15) is 0 Å². The molecule has 1 unspecified atom stereocenters. The lowest BCUT2D eigenvalue weighted by Crippen LogP contribution is -2.35. The summed E-state index contributed by atoms with van der Waals surface area (Å²) in [5, 5.41) is 11.2. The molecule has 0 aromatic heterocycles. The van der Waals surface area contributed by atoms with Crippen molar-refractivity contribution in [2.75, 3.05) is 48.0 Å². The number of ketones is 1. The second-order valence-electron chi connectivity index (χ2n) is 9.14. The van der Waals surface area contributed by atoms with Crippen molar-refractivity contribution < 1.29 is 28.9 Å². The molecule has 2 aromatic rings. The maximum Gasteiger partial charge on any atom is 0.295 e. The molecule has 3 rings (SSSR count). The van der Waals surface area contributed by atoms with Crippen LogP contribution in [-0.2, 0) is 9.59 Å². The van der Waals surface area contributed by atoms with Crippen LogP contribution in [0.5, 0.6) is 17.2 Å². The number of Topliss-reactive ketones (excluding diaryl/α,β-unsaturated/α-hetero) is 1. The maximum absolute atomic E-state index is 13.2. The molecule has 1 saturated heterocycles. The fourth-order valence-corrected chi connectivity index (χ4v) is 3.92. The van der Waals surface area contributed by atoms with Gasteiger partial charge < -0.3 is 29.1 Å². The Morgan fingerprint density at radius 3 is 2.26 bits per heavy atom. The smallest absolute Gasteiger partial charge is 0.295 e. The second-order valence-corrected chi connectivity index (χ2v) is 9.14. The number of ether oxygens (including phenoxy) is 3. The zero-order valence-corrected chi connectivity index (χ0v) is 21.2. The highest BCUT2D eigenvalue weighted by Crippen LogP contribution is 2.42. The minimum absolute atomic E-state index is 0.0387. The average molecular weight is 483 g/mol. The standard InChI is InChI=1S/C27H34N2O6/c1-17(2)16-35-20-10-7-18(8-11-20)25(30)23-24(19-9-12-21(33-5)22(15-19)34-6)29(14-13-28(3)4)27(32)26(23)31/h7-12,15,17,24,30H,13-14,16H2,1-6H3. The second kappa shape index (κ2) is 11.3. The first-order valence-electron chi connectivity index (χ1n) is 11.6. The monoisotopic (exact) mass is 482 g/mol. The first-order valence-corrected chi connectivity index (χ1v) is 11.6. The molecule has 1 aliphatic rings. The number of carbonyl (C=O) groups excluding carboxylic acids is 2. The Bertz CT molecular complexity index is 1090. The van der Waals surface area contributed by atoms with Crippen LogP contribution in [0.25, 0.3) is 5.76 Å². The molecular formula is C27H34N2O6. The van der Waals surface area contributed by atoms with E-state index in [2.05, 4.69) is 13.8 Å². The molecule has 8 heteroatoms. The quantitative estimate of drug-likeness (QED) is 0.314. The molecule has 1 N–H and O–H groups in total. The van der Waals surface area contributed by atoms with Gasteiger partial charge in [0.25, 0.3) is 11.7 Å². The Morgan fingerprint density at radius 1 is 1.03 bits per heavy atom. The Balaban J connectivity index is 2.08. The van der Waals surface area contributed by atoms with Crippen LogP contribution in [0.15, 0.2) is 48.0 Å². The van der Waals surface area contributed by atoms with Gasteiger partial charge in [0, 0.05) is 18.7 Å².